The molecule has 0 heterocycles. The zero-order chi connectivity index (χ0) is 11.2. The van der Waals surface area contributed by atoms with E-state index in [0.717, 1.165) is 5.75 Å². The number of rotatable bonds is 1. The predicted octanol–water partition coefficient (Wildman–Crippen LogP) is 3.69. The van der Waals surface area contributed by atoms with E-state index < -0.39 is 0 Å². The van der Waals surface area contributed by atoms with Crippen LogP contribution in [0.25, 0.3) is 0 Å². The third-order valence-electron chi connectivity index (χ3n) is 4.31. The van der Waals surface area contributed by atoms with E-state index >= 15 is 0 Å². The highest BCUT2D eigenvalue weighted by molar-refractivity contribution is 5.44. The second-order valence-electron chi connectivity index (χ2n) is 5.33. The first-order chi connectivity index (χ1) is 7.73. The summed E-state index contributed by atoms with van der Waals surface area (Å²) < 4.78 is 5.30. The van der Waals surface area contributed by atoms with Crippen molar-refractivity contribution in [2.24, 2.45) is 5.41 Å². The summed E-state index contributed by atoms with van der Waals surface area (Å²) in [6.07, 6.45) is 8.48. The van der Waals surface area contributed by atoms with Crippen molar-refractivity contribution in [3.05, 3.63) is 41.5 Å². The van der Waals surface area contributed by atoms with Crippen LogP contribution in [0, 0.1) is 5.41 Å². The molecule has 0 radical (unpaired) electrons. The van der Waals surface area contributed by atoms with E-state index in [0.29, 0.717) is 11.3 Å². The lowest BCUT2D eigenvalue weighted by Gasteiger charge is -2.37. The fourth-order valence-electron chi connectivity index (χ4n) is 3.22. The minimum Gasteiger partial charge on any atom is -0.497 e. The topological polar surface area (TPSA) is 9.23 Å². The van der Waals surface area contributed by atoms with Crippen LogP contribution >= 0.6 is 0 Å². The number of hydrogen-bond acceptors (Lipinski definition) is 1. The van der Waals surface area contributed by atoms with Crippen molar-refractivity contribution in [1.29, 1.82) is 0 Å². The van der Waals surface area contributed by atoms with Crippen molar-refractivity contribution in [1.82, 2.24) is 0 Å². The van der Waals surface area contributed by atoms with Crippen molar-refractivity contribution in [3.8, 4) is 5.75 Å². The Labute approximate surface area is 97.1 Å². The molecule has 0 saturated heterocycles. The van der Waals surface area contributed by atoms with Crippen molar-refractivity contribution >= 4 is 0 Å². The van der Waals surface area contributed by atoms with E-state index in [4.69, 9.17) is 4.74 Å². The summed E-state index contributed by atoms with van der Waals surface area (Å²) in [6.45, 7) is 2.42. The maximum absolute atomic E-state index is 5.30. The lowest BCUT2D eigenvalue weighted by molar-refractivity contribution is 0.267. The highest BCUT2D eigenvalue weighted by Crippen LogP contribution is 2.52. The van der Waals surface area contributed by atoms with Crippen molar-refractivity contribution < 1.29 is 4.74 Å². The lowest BCUT2D eigenvalue weighted by Crippen LogP contribution is -2.26. The normalized spacial score (nSPS) is 31.0. The van der Waals surface area contributed by atoms with Crippen molar-refractivity contribution in [2.75, 3.05) is 7.11 Å². The molecule has 3 rings (SSSR count). The van der Waals surface area contributed by atoms with Crippen LogP contribution in [0.4, 0.5) is 0 Å². The van der Waals surface area contributed by atoms with Gasteiger partial charge in [0, 0.05) is 5.92 Å². The molecule has 0 fully saturated rings. The molecule has 2 aliphatic rings. The summed E-state index contributed by atoms with van der Waals surface area (Å²) in [5.41, 5.74) is 3.47. The second kappa shape index (κ2) is 3.38. The highest BCUT2D eigenvalue weighted by atomic mass is 16.5. The lowest BCUT2D eigenvalue weighted by atomic mass is 9.66. The Hall–Kier alpha value is -1.24. The largest absolute Gasteiger partial charge is 0.497 e. The summed E-state index contributed by atoms with van der Waals surface area (Å²) in [5, 5.41) is 0. The Morgan fingerprint density at radius 1 is 1.38 bits per heavy atom. The van der Waals surface area contributed by atoms with E-state index in [-0.39, 0.29) is 0 Å². The molecule has 2 atom stereocenters. The number of allylic oxidation sites excluding steroid dienone is 2. The first kappa shape index (κ1) is 9.95. The zero-order valence-corrected chi connectivity index (χ0v) is 9.99. The smallest absolute Gasteiger partial charge is 0.119 e. The molecule has 0 amide bonds. The molecular weight excluding hydrogens is 196 g/mol. The number of aryl methyl sites for hydroxylation is 1. The van der Waals surface area contributed by atoms with Crippen LogP contribution in [0.5, 0.6) is 5.75 Å². The first-order valence-corrected chi connectivity index (χ1v) is 6.06. The second-order valence-corrected chi connectivity index (χ2v) is 5.33. The number of fused-ring (bicyclic) bond motifs is 3. The first-order valence-electron chi connectivity index (χ1n) is 6.06. The van der Waals surface area contributed by atoms with Gasteiger partial charge in [-0.1, -0.05) is 25.1 Å². The summed E-state index contributed by atoms with van der Waals surface area (Å²) in [5.74, 6) is 1.62. The van der Waals surface area contributed by atoms with Gasteiger partial charge in [-0.05, 0) is 47.9 Å². The average molecular weight is 214 g/mol. The van der Waals surface area contributed by atoms with Gasteiger partial charge in [0.1, 0.15) is 5.75 Å². The van der Waals surface area contributed by atoms with E-state index in [9.17, 15) is 0 Å². The fourth-order valence-corrected chi connectivity index (χ4v) is 3.22. The van der Waals surface area contributed by atoms with Gasteiger partial charge in [-0.3, -0.25) is 0 Å². The molecule has 2 aliphatic carbocycles. The monoisotopic (exact) mass is 214 g/mol. The van der Waals surface area contributed by atoms with E-state index in [1.807, 2.05) is 0 Å². The number of ether oxygens (including phenoxy) is 1. The van der Waals surface area contributed by atoms with Crippen LogP contribution in [0.3, 0.4) is 0 Å². The standard InChI is InChI=1S/C15H18O/c1-15-8-3-4-14(15)13-6-5-12(16-2)10-11(13)7-9-15/h3-6,10,14H,7-9H2,1-2H3/t14-,15-/m0/s1. The average Bonchev–Trinajstić information content (AvgIpc) is 2.70. The molecule has 0 N–H and O–H groups in total. The van der Waals surface area contributed by atoms with Crippen LogP contribution < -0.4 is 4.74 Å². The summed E-state index contributed by atoms with van der Waals surface area (Å²) >= 11 is 0. The molecule has 0 unspecified atom stereocenters. The van der Waals surface area contributed by atoms with Crippen LogP contribution in [0.15, 0.2) is 30.4 Å². The SMILES string of the molecule is COc1ccc2c(c1)CC[C@]1(C)CC=C[C@@H]21. The molecule has 16 heavy (non-hydrogen) atoms. The Kier molecular flexibility index (Phi) is 2.10. The van der Waals surface area contributed by atoms with Gasteiger partial charge in [0.25, 0.3) is 0 Å². The Morgan fingerprint density at radius 2 is 2.25 bits per heavy atom. The molecule has 1 nitrogen and oxygen atoms in total. The molecular formula is C15H18O. The molecule has 1 aromatic rings. The predicted molar refractivity (Wildman–Crippen MR) is 65.9 cm³/mol. The third kappa shape index (κ3) is 1.31. The van der Waals surface area contributed by atoms with Crippen molar-refractivity contribution in [2.45, 2.75) is 32.1 Å². The van der Waals surface area contributed by atoms with Gasteiger partial charge >= 0.3 is 0 Å². The number of benzene rings is 1. The van der Waals surface area contributed by atoms with Gasteiger partial charge in [0.15, 0.2) is 0 Å². The molecule has 1 aromatic carbocycles. The molecule has 1 heteroatoms. The molecule has 0 aliphatic heterocycles. The van der Waals surface area contributed by atoms with Gasteiger partial charge in [0.2, 0.25) is 0 Å². The summed E-state index contributed by atoms with van der Waals surface area (Å²) in [6, 6.07) is 6.56. The number of hydrogen-bond donors (Lipinski definition) is 0. The highest BCUT2D eigenvalue weighted by Gasteiger charge is 2.39. The van der Waals surface area contributed by atoms with Crippen LogP contribution in [-0.2, 0) is 6.42 Å². The van der Waals surface area contributed by atoms with Crippen molar-refractivity contribution in [3.63, 3.8) is 0 Å². The van der Waals surface area contributed by atoms with Gasteiger partial charge in [-0.15, -0.1) is 0 Å². The van der Waals surface area contributed by atoms with E-state index in [1.165, 1.54) is 30.4 Å². The fraction of sp³-hybridized carbons (Fsp3) is 0.467. The summed E-state index contributed by atoms with van der Waals surface area (Å²) in [4.78, 5) is 0. The minimum atomic E-state index is 0.474. The maximum atomic E-state index is 5.30. The third-order valence-corrected chi connectivity index (χ3v) is 4.31. The molecule has 84 valence electrons. The molecule has 0 bridgehead atoms. The molecule has 0 saturated carbocycles. The Balaban J connectivity index is 2.07. The van der Waals surface area contributed by atoms with Gasteiger partial charge in [0.05, 0.1) is 7.11 Å². The van der Waals surface area contributed by atoms with Gasteiger partial charge in [-0.2, -0.15) is 0 Å². The summed E-state index contributed by atoms with van der Waals surface area (Å²) in [7, 11) is 1.74. The van der Waals surface area contributed by atoms with Crippen LogP contribution in [0.1, 0.15) is 36.8 Å². The maximum Gasteiger partial charge on any atom is 0.119 e. The van der Waals surface area contributed by atoms with Gasteiger partial charge in [-0.25, -0.2) is 0 Å². The van der Waals surface area contributed by atoms with E-state index in [2.05, 4.69) is 37.3 Å². The number of methoxy groups -OCH3 is 1. The Bertz CT molecular complexity index is 447. The van der Waals surface area contributed by atoms with Crippen LogP contribution in [-0.4, -0.2) is 7.11 Å². The van der Waals surface area contributed by atoms with E-state index in [1.54, 1.807) is 7.11 Å². The molecule has 0 aromatic heterocycles. The molecule has 0 spiro atoms. The van der Waals surface area contributed by atoms with Crippen LogP contribution in [0.2, 0.25) is 0 Å². The minimum absolute atomic E-state index is 0.474. The Morgan fingerprint density at radius 3 is 3.06 bits per heavy atom. The zero-order valence-electron chi connectivity index (χ0n) is 9.99. The quantitative estimate of drug-likeness (QED) is 0.648. The van der Waals surface area contributed by atoms with Gasteiger partial charge < -0.3 is 4.74 Å².